The van der Waals surface area contributed by atoms with Crippen molar-refractivity contribution in [2.45, 2.75) is 19.4 Å². The van der Waals surface area contributed by atoms with Crippen LogP contribution in [0, 0.1) is 18.3 Å². The summed E-state index contributed by atoms with van der Waals surface area (Å²) in [4.78, 5) is 0. The maximum atomic E-state index is 9.73. The Labute approximate surface area is 167 Å². The van der Waals surface area contributed by atoms with Gasteiger partial charge in [0, 0.05) is 27.4 Å². The zero-order valence-electron chi connectivity index (χ0n) is 15.1. The molecule has 2 heterocycles. The quantitative estimate of drug-likeness (QED) is 0.694. The van der Waals surface area contributed by atoms with Gasteiger partial charge in [0.05, 0.1) is 5.92 Å². The number of aryl methyl sites for hydroxylation is 1. The van der Waals surface area contributed by atoms with E-state index in [2.05, 4.69) is 16.3 Å². The molecule has 1 aliphatic rings. The molecule has 0 saturated heterocycles. The molecule has 0 bridgehead atoms. The molecule has 1 atom stereocenters. The van der Waals surface area contributed by atoms with Gasteiger partial charge in [0.2, 0.25) is 11.8 Å². The molecule has 0 aliphatic carbocycles. The lowest BCUT2D eigenvalue weighted by Crippen LogP contribution is -2.21. The van der Waals surface area contributed by atoms with Gasteiger partial charge < -0.3 is 15.2 Å². The highest BCUT2D eigenvalue weighted by molar-refractivity contribution is 6.31. The van der Waals surface area contributed by atoms with E-state index < -0.39 is 5.92 Å². The number of para-hydroxylation sites is 1. The molecule has 4 rings (SSSR count). The predicted octanol–water partition coefficient (Wildman–Crippen LogP) is 4.17. The van der Waals surface area contributed by atoms with Crippen molar-refractivity contribution in [2.75, 3.05) is 0 Å². The largest absolute Gasteiger partial charge is 0.489 e. The molecule has 0 saturated carbocycles. The number of nitrogens with one attached hydrogen (secondary N) is 1. The summed E-state index contributed by atoms with van der Waals surface area (Å²) in [6, 6.07) is 17.3. The Bertz CT molecular complexity index is 1110. The van der Waals surface area contributed by atoms with Crippen LogP contribution in [0.4, 0.5) is 0 Å². The molecule has 0 fully saturated rings. The van der Waals surface area contributed by atoms with Gasteiger partial charge in [-0.25, -0.2) is 0 Å². The van der Waals surface area contributed by atoms with Gasteiger partial charge in [-0.05, 0) is 19.1 Å². The van der Waals surface area contributed by atoms with Crippen LogP contribution in [0.2, 0.25) is 5.02 Å². The van der Waals surface area contributed by atoms with Gasteiger partial charge in [0.15, 0.2) is 0 Å². The minimum absolute atomic E-state index is 0.0485. The third-order valence-electron chi connectivity index (χ3n) is 4.70. The van der Waals surface area contributed by atoms with Crippen LogP contribution in [0.1, 0.15) is 28.3 Å². The Kier molecular flexibility index (Phi) is 4.68. The van der Waals surface area contributed by atoms with Crippen molar-refractivity contribution in [3.05, 3.63) is 87.4 Å². The van der Waals surface area contributed by atoms with Crippen molar-refractivity contribution in [2.24, 2.45) is 5.73 Å². The normalized spacial score (nSPS) is 15.5. The van der Waals surface area contributed by atoms with E-state index in [1.165, 1.54) is 0 Å². The topological polar surface area (TPSA) is 97.0 Å². The third-order valence-corrected chi connectivity index (χ3v) is 5.07. The molecule has 0 spiro atoms. The molecule has 2 aromatic carbocycles. The second-order valence-corrected chi connectivity index (χ2v) is 6.82. The molecule has 3 N–H and O–H groups in total. The number of hydrogen-bond donors (Lipinski definition) is 2. The fraction of sp³-hybridized carbons (Fsp3) is 0.143. The number of hydrogen-bond acceptors (Lipinski definition) is 5. The van der Waals surface area contributed by atoms with Gasteiger partial charge in [-0.3, -0.25) is 5.10 Å². The molecular formula is C21H17ClN4O2. The van der Waals surface area contributed by atoms with Crippen LogP contribution < -0.4 is 15.2 Å². The van der Waals surface area contributed by atoms with Gasteiger partial charge >= 0.3 is 0 Å². The number of aromatic nitrogens is 2. The molecule has 7 heteroatoms. The first-order valence-electron chi connectivity index (χ1n) is 8.67. The summed E-state index contributed by atoms with van der Waals surface area (Å²) in [6.07, 6.45) is 0. The average Bonchev–Trinajstić information content (AvgIpc) is 3.07. The molecule has 140 valence electrons. The fourth-order valence-electron chi connectivity index (χ4n) is 3.33. The molecule has 28 heavy (non-hydrogen) atoms. The molecule has 0 amide bonds. The van der Waals surface area contributed by atoms with Crippen LogP contribution in [0.5, 0.6) is 11.6 Å². The number of halogens is 1. The van der Waals surface area contributed by atoms with Crippen LogP contribution >= 0.6 is 11.6 Å². The highest BCUT2D eigenvalue weighted by atomic mass is 35.5. The van der Waals surface area contributed by atoms with Crippen molar-refractivity contribution in [1.29, 1.82) is 5.26 Å². The number of nitrogens with zero attached hydrogens (tertiary/aromatic N) is 2. The van der Waals surface area contributed by atoms with Gasteiger partial charge in [0.25, 0.3) is 0 Å². The van der Waals surface area contributed by atoms with Gasteiger partial charge in [-0.2, -0.15) is 5.26 Å². The van der Waals surface area contributed by atoms with Gasteiger partial charge in [-0.15, -0.1) is 5.10 Å². The van der Waals surface area contributed by atoms with E-state index in [9.17, 15) is 5.26 Å². The second-order valence-electron chi connectivity index (χ2n) is 6.41. The van der Waals surface area contributed by atoms with E-state index in [1.807, 2.05) is 55.5 Å². The highest BCUT2D eigenvalue weighted by Crippen LogP contribution is 2.45. The first-order valence-corrected chi connectivity index (χ1v) is 9.05. The molecule has 1 aromatic heterocycles. The molecule has 0 radical (unpaired) electrons. The standard InChI is InChI=1S/C21H17ClN4O2/c1-12-18-19(15(10-23)20(24)28-21(18)26-25-12)14-7-3-5-9-17(14)27-11-13-6-2-4-8-16(13)22/h2-9,19H,11,24H2,1H3,(H,25,26). The summed E-state index contributed by atoms with van der Waals surface area (Å²) in [7, 11) is 0. The van der Waals surface area contributed by atoms with E-state index in [0.29, 0.717) is 28.8 Å². The zero-order valence-corrected chi connectivity index (χ0v) is 15.8. The monoisotopic (exact) mass is 392 g/mol. The highest BCUT2D eigenvalue weighted by Gasteiger charge is 2.35. The number of allylic oxidation sites excluding steroid dienone is 1. The Hall–Kier alpha value is -3.43. The average molecular weight is 393 g/mol. The zero-order chi connectivity index (χ0) is 19.7. The summed E-state index contributed by atoms with van der Waals surface area (Å²) in [5.41, 5.74) is 9.59. The van der Waals surface area contributed by atoms with Crippen LogP contribution in [0.15, 0.2) is 60.0 Å². The fourth-order valence-corrected chi connectivity index (χ4v) is 3.52. The van der Waals surface area contributed by atoms with Crippen molar-refractivity contribution in [3.63, 3.8) is 0 Å². The first-order chi connectivity index (χ1) is 13.6. The lowest BCUT2D eigenvalue weighted by atomic mass is 9.83. The molecular weight excluding hydrogens is 376 g/mol. The summed E-state index contributed by atoms with van der Waals surface area (Å²) < 4.78 is 11.6. The van der Waals surface area contributed by atoms with Gasteiger partial charge in [0.1, 0.15) is 24.0 Å². The number of fused-ring (bicyclic) bond motifs is 1. The van der Waals surface area contributed by atoms with E-state index in [4.69, 9.17) is 26.8 Å². The number of benzene rings is 2. The summed E-state index contributed by atoms with van der Waals surface area (Å²) in [5, 5.41) is 17.4. The van der Waals surface area contributed by atoms with E-state index in [0.717, 1.165) is 22.4 Å². The second kappa shape index (κ2) is 7.29. The number of nitriles is 1. The van der Waals surface area contributed by atoms with E-state index >= 15 is 0 Å². The third kappa shape index (κ3) is 3.06. The summed E-state index contributed by atoms with van der Waals surface area (Å²) in [5.74, 6) is 0.628. The Morgan fingerprint density at radius 3 is 2.79 bits per heavy atom. The molecule has 6 nitrogen and oxygen atoms in total. The van der Waals surface area contributed by atoms with Crippen molar-refractivity contribution in [3.8, 4) is 17.7 Å². The predicted molar refractivity (Wildman–Crippen MR) is 105 cm³/mol. The molecule has 3 aromatic rings. The smallest absolute Gasteiger partial charge is 0.244 e. The van der Waals surface area contributed by atoms with Gasteiger partial charge in [-0.1, -0.05) is 48.0 Å². The SMILES string of the molecule is Cc1[nH]nc2c1C(c1ccccc1OCc1ccccc1Cl)C(C#N)=C(N)O2. The van der Waals surface area contributed by atoms with Crippen LogP contribution in [-0.4, -0.2) is 10.2 Å². The summed E-state index contributed by atoms with van der Waals surface area (Å²) in [6.45, 7) is 2.18. The maximum Gasteiger partial charge on any atom is 0.244 e. The molecule has 1 unspecified atom stereocenters. The van der Waals surface area contributed by atoms with Crippen LogP contribution in [0.3, 0.4) is 0 Å². The van der Waals surface area contributed by atoms with Crippen LogP contribution in [-0.2, 0) is 6.61 Å². The lowest BCUT2D eigenvalue weighted by molar-refractivity contribution is 0.301. The number of rotatable bonds is 4. The van der Waals surface area contributed by atoms with E-state index in [-0.39, 0.29) is 5.88 Å². The minimum Gasteiger partial charge on any atom is -0.489 e. The Morgan fingerprint density at radius 2 is 2.00 bits per heavy atom. The number of ether oxygens (including phenoxy) is 2. The summed E-state index contributed by atoms with van der Waals surface area (Å²) >= 11 is 6.24. The van der Waals surface area contributed by atoms with Crippen molar-refractivity contribution < 1.29 is 9.47 Å². The van der Waals surface area contributed by atoms with Crippen LogP contribution in [0.25, 0.3) is 0 Å². The lowest BCUT2D eigenvalue weighted by Gasteiger charge is -2.25. The van der Waals surface area contributed by atoms with Crippen molar-refractivity contribution >= 4 is 11.6 Å². The minimum atomic E-state index is -0.435. The van der Waals surface area contributed by atoms with Crippen molar-refractivity contribution in [1.82, 2.24) is 10.2 Å². The number of nitrogens with two attached hydrogens (primary N) is 1. The number of H-pyrrole nitrogens is 1. The Balaban J connectivity index is 1.76. The van der Waals surface area contributed by atoms with E-state index in [1.54, 1.807) is 0 Å². The maximum absolute atomic E-state index is 9.73. The Morgan fingerprint density at radius 1 is 1.25 bits per heavy atom. The first kappa shape index (κ1) is 18.0. The molecule has 1 aliphatic heterocycles. The number of aromatic amines is 1.